The van der Waals surface area contributed by atoms with Crippen molar-refractivity contribution >= 4 is 40.3 Å². The van der Waals surface area contributed by atoms with Gasteiger partial charge in [-0.1, -0.05) is 11.6 Å². The quantitative estimate of drug-likeness (QED) is 0.473. The van der Waals surface area contributed by atoms with Crippen LogP contribution in [0.5, 0.6) is 0 Å². The predicted octanol–water partition coefficient (Wildman–Crippen LogP) is 4.54. The Labute approximate surface area is 157 Å². The van der Waals surface area contributed by atoms with Crippen molar-refractivity contribution in [3.8, 4) is 11.3 Å². The van der Waals surface area contributed by atoms with Gasteiger partial charge in [-0.3, -0.25) is 9.58 Å². The molecule has 0 radical (unpaired) electrons. The predicted molar refractivity (Wildman–Crippen MR) is 88.9 cm³/mol. The standard InChI is InChI=1S/C14H9ClF4IN3O2/c15-7-3-6(1-2-8(7)16)12-11(20)9-4-22(13(24)25)5-10(14(17,18)19)23(9)21-12/h1-3,10H,4-5H2,(H,24,25). The van der Waals surface area contributed by atoms with Crippen LogP contribution in [0.1, 0.15) is 11.7 Å². The van der Waals surface area contributed by atoms with E-state index >= 15 is 0 Å². The molecule has 0 bridgehead atoms. The van der Waals surface area contributed by atoms with Gasteiger partial charge in [-0.25, -0.2) is 9.18 Å². The molecular weight excluding hydrogens is 481 g/mol. The molecule has 0 saturated heterocycles. The second-order valence-corrected chi connectivity index (χ2v) is 6.89. The topological polar surface area (TPSA) is 58.4 Å². The van der Waals surface area contributed by atoms with Crippen molar-refractivity contribution in [1.82, 2.24) is 14.7 Å². The number of nitrogens with zero attached hydrogens (tertiary/aromatic N) is 3. The van der Waals surface area contributed by atoms with Gasteiger partial charge in [-0.2, -0.15) is 18.3 Å². The molecule has 2 heterocycles. The number of carboxylic acid groups (broad SMARTS) is 1. The Morgan fingerprint density at radius 3 is 2.64 bits per heavy atom. The van der Waals surface area contributed by atoms with E-state index in [1.54, 1.807) is 0 Å². The summed E-state index contributed by atoms with van der Waals surface area (Å²) in [7, 11) is 0. The van der Waals surface area contributed by atoms with E-state index in [-0.39, 0.29) is 23.0 Å². The molecule has 11 heteroatoms. The number of hydrogen-bond donors (Lipinski definition) is 1. The molecule has 25 heavy (non-hydrogen) atoms. The maximum absolute atomic E-state index is 13.4. The van der Waals surface area contributed by atoms with Crippen LogP contribution >= 0.6 is 34.2 Å². The van der Waals surface area contributed by atoms with Crippen molar-refractivity contribution in [2.75, 3.05) is 6.54 Å². The van der Waals surface area contributed by atoms with E-state index in [0.717, 1.165) is 10.7 Å². The van der Waals surface area contributed by atoms with Crippen LogP contribution in [0, 0.1) is 9.39 Å². The molecular formula is C14H9ClF4IN3O2. The number of carbonyl (C=O) groups is 1. The van der Waals surface area contributed by atoms with Gasteiger partial charge in [0.1, 0.15) is 11.5 Å². The third kappa shape index (κ3) is 3.28. The van der Waals surface area contributed by atoms with Gasteiger partial charge in [0.05, 0.1) is 27.4 Å². The van der Waals surface area contributed by atoms with Crippen molar-refractivity contribution in [2.24, 2.45) is 0 Å². The molecule has 5 nitrogen and oxygen atoms in total. The lowest BCUT2D eigenvalue weighted by atomic mass is 10.1. The first-order chi connectivity index (χ1) is 11.6. The number of rotatable bonds is 1. The monoisotopic (exact) mass is 489 g/mol. The van der Waals surface area contributed by atoms with Crippen molar-refractivity contribution < 1.29 is 27.5 Å². The van der Waals surface area contributed by atoms with E-state index in [2.05, 4.69) is 5.10 Å². The molecule has 134 valence electrons. The van der Waals surface area contributed by atoms with Crippen LogP contribution in [-0.2, 0) is 6.54 Å². The highest BCUT2D eigenvalue weighted by Gasteiger charge is 2.47. The first-order valence-electron chi connectivity index (χ1n) is 6.86. The number of amides is 1. The Balaban J connectivity index is 2.14. The molecule has 0 spiro atoms. The van der Waals surface area contributed by atoms with E-state index < -0.39 is 30.7 Å². The lowest BCUT2D eigenvalue weighted by Crippen LogP contribution is -2.46. The Kier molecular flexibility index (Phi) is 4.60. The highest BCUT2D eigenvalue weighted by molar-refractivity contribution is 14.1. The van der Waals surface area contributed by atoms with Gasteiger partial charge in [0.25, 0.3) is 0 Å². The van der Waals surface area contributed by atoms with Gasteiger partial charge >= 0.3 is 12.3 Å². The average molecular weight is 490 g/mol. The first kappa shape index (κ1) is 18.2. The summed E-state index contributed by atoms with van der Waals surface area (Å²) in [4.78, 5) is 11.9. The zero-order valence-corrected chi connectivity index (χ0v) is 15.1. The third-order valence-corrected chi connectivity index (χ3v) is 5.24. The Morgan fingerprint density at radius 2 is 2.08 bits per heavy atom. The summed E-state index contributed by atoms with van der Waals surface area (Å²) in [5.41, 5.74) is 0.673. The molecule has 1 aliphatic heterocycles. The number of halogens is 6. The summed E-state index contributed by atoms with van der Waals surface area (Å²) in [5, 5.41) is 12.9. The summed E-state index contributed by atoms with van der Waals surface area (Å²) in [6.07, 6.45) is -6.11. The van der Waals surface area contributed by atoms with E-state index in [0.29, 0.717) is 14.0 Å². The van der Waals surface area contributed by atoms with E-state index in [1.165, 1.54) is 12.1 Å². The Hall–Kier alpha value is -1.56. The molecule has 3 rings (SSSR count). The van der Waals surface area contributed by atoms with Crippen LogP contribution in [0.4, 0.5) is 22.4 Å². The van der Waals surface area contributed by atoms with Crippen molar-refractivity contribution in [1.29, 1.82) is 0 Å². The average Bonchev–Trinajstić information content (AvgIpc) is 2.85. The maximum atomic E-state index is 13.4. The van der Waals surface area contributed by atoms with Crippen LogP contribution in [0.25, 0.3) is 11.3 Å². The number of aromatic nitrogens is 2. The highest BCUT2D eigenvalue weighted by atomic mass is 127. The molecule has 0 saturated carbocycles. The molecule has 1 N–H and O–H groups in total. The third-order valence-electron chi connectivity index (χ3n) is 3.82. The van der Waals surface area contributed by atoms with E-state index in [4.69, 9.17) is 16.7 Å². The molecule has 1 unspecified atom stereocenters. The van der Waals surface area contributed by atoms with Gasteiger partial charge in [0, 0.05) is 5.56 Å². The normalized spacial score (nSPS) is 17.5. The van der Waals surface area contributed by atoms with Gasteiger partial charge in [-0.05, 0) is 40.8 Å². The SMILES string of the molecule is O=C(O)N1Cc2c(I)c(-c3ccc(F)c(Cl)c3)nn2C(C(F)(F)F)C1. The van der Waals surface area contributed by atoms with E-state index in [9.17, 15) is 22.4 Å². The summed E-state index contributed by atoms with van der Waals surface area (Å²) >= 11 is 7.54. The number of fused-ring (bicyclic) bond motifs is 1. The fraction of sp³-hybridized carbons (Fsp3) is 0.286. The van der Waals surface area contributed by atoms with Crippen LogP contribution in [0.2, 0.25) is 5.02 Å². The minimum absolute atomic E-state index is 0.132. The second kappa shape index (κ2) is 6.31. The fourth-order valence-electron chi connectivity index (χ4n) is 2.60. The van der Waals surface area contributed by atoms with Crippen LogP contribution < -0.4 is 0 Å². The Bertz CT molecular complexity index is 855. The van der Waals surface area contributed by atoms with Crippen molar-refractivity contribution in [2.45, 2.75) is 18.8 Å². The summed E-state index contributed by atoms with van der Waals surface area (Å²) < 4.78 is 54.6. The molecule has 2 aromatic rings. The molecule has 0 aliphatic carbocycles. The van der Waals surface area contributed by atoms with Crippen molar-refractivity contribution in [3.05, 3.63) is 38.3 Å². The lowest BCUT2D eigenvalue weighted by molar-refractivity contribution is -0.178. The molecule has 1 aliphatic rings. The largest absolute Gasteiger partial charge is 0.465 e. The zero-order chi connectivity index (χ0) is 18.5. The molecule has 0 fully saturated rings. The molecule has 1 aromatic heterocycles. The molecule has 1 atom stereocenters. The fourth-order valence-corrected chi connectivity index (χ4v) is 3.61. The smallest absolute Gasteiger partial charge is 0.412 e. The maximum Gasteiger partial charge on any atom is 0.412 e. The number of hydrogen-bond acceptors (Lipinski definition) is 2. The van der Waals surface area contributed by atoms with Gasteiger partial charge < -0.3 is 5.11 Å². The zero-order valence-electron chi connectivity index (χ0n) is 12.2. The number of benzene rings is 1. The van der Waals surface area contributed by atoms with Gasteiger partial charge in [0.15, 0.2) is 6.04 Å². The van der Waals surface area contributed by atoms with E-state index in [1.807, 2.05) is 22.6 Å². The van der Waals surface area contributed by atoms with Crippen LogP contribution in [-0.4, -0.2) is 38.6 Å². The minimum atomic E-state index is -4.67. The summed E-state index contributed by atoms with van der Waals surface area (Å²) in [5.74, 6) is -0.658. The first-order valence-corrected chi connectivity index (χ1v) is 8.32. The summed E-state index contributed by atoms with van der Waals surface area (Å²) in [6, 6.07) is 1.63. The highest BCUT2D eigenvalue weighted by Crippen LogP contribution is 2.39. The van der Waals surface area contributed by atoms with Gasteiger partial charge in [-0.15, -0.1) is 0 Å². The minimum Gasteiger partial charge on any atom is -0.465 e. The summed E-state index contributed by atoms with van der Waals surface area (Å²) in [6.45, 7) is -0.963. The molecule has 1 amide bonds. The van der Waals surface area contributed by atoms with Crippen molar-refractivity contribution in [3.63, 3.8) is 0 Å². The second-order valence-electron chi connectivity index (χ2n) is 5.40. The van der Waals surface area contributed by atoms with Crippen LogP contribution in [0.3, 0.4) is 0 Å². The van der Waals surface area contributed by atoms with Gasteiger partial charge in [0.2, 0.25) is 0 Å². The number of alkyl halides is 3. The molecule has 1 aromatic carbocycles. The Morgan fingerprint density at radius 1 is 1.40 bits per heavy atom. The lowest BCUT2D eigenvalue weighted by Gasteiger charge is -2.33. The van der Waals surface area contributed by atoms with Crippen LogP contribution in [0.15, 0.2) is 18.2 Å².